The first kappa shape index (κ1) is 59.3. The highest BCUT2D eigenvalue weighted by atomic mass is 16.6. The molecule has 358 valence electrons. The SMILES string of the molecule is CC/C=C\C/C=C\C/C=C\CCCCC(=O)OCC(COC(=O)CCCCCCC\C=C/C=C\C=C/C=C\CCCCC)OC(=O)CCCCCCCCC/C=C\CCCCCC. The molecule has 6 nitrogen and oxygen atoms in total. The second-order valence-corrected chi connectivity index (χ2v) is 16.8. The Labute approximate surface area is 387 Å². The van der Waals surface area contributed by atoms with Gasteiger partial charge in [-0.05, 0) is 103 Å². The molecule has 0 aromatic heterocycles. The van der Waals surface area contributed by atoms with Crippen molar-refractivity contribution in [2.45, 2.75) is 232 Å². The van der Waals surface area contributed by atoms with E-state index in [-0.39, 0.29) is 31.1 Å². The van der Waals surface area contributed by atoms with Gasteiger partial charge in [-0.15, -0.1) is 0 Å². The molecule has 0 rings (SSSR count). The number of allylic oxidation sites excluding steroid dienone is 16. The van der Waals surface area contributed by atoms with Crippen LogP contribution in [0.1, 0.15) is 226 Å². The molecule has 1 atom stereocenters. The first-order chi connectivity index (χ1) is 31.0. The molecular formula is C57H94O6. The van der Waals surface area contributed by atoms with E-state index in [9.17, 15) is 14.4 Å². The number of rotatable bonds is 45. The van der Waals surface area contributed by atoms with Gasteiger partial charge in [-0.2, -0.15) is 0 Å². The highest BCUT2D eigenvalue weighted by Crippen LogP contribution is 2.13. The van der Waals surface area contributed by atoms with Gasteiger partial charge < -0.3 is 14.2 Å². The summed E-state index contributed by atoms with van der Waals surface area (Å²) in [6, 6.07) is 0. The molecule has 0 N–H and O–H groups in total. The zero-order valence-corrected chi connectivity index (χ0v) is 40.8. The number of unbranched alkanes of at least 4 members (excludes halogenated alkanes) is 21. The zero-order valence-electron chi connectivity index (χ0n) is 40.8. The van der Waals surface area contributed by atoms with E-state index >= 15 is 0 Å². The molecule has 0 saturated carbocycles. The van der Waals surface area contributed by atoms with Gasteiger partial charge in [0, 0.05) is 19.3 Å². The predicted molar refractivity (Wildman–Crippen MR) is 270 cm³/mol. The highest BCUT2D eigenvalue weighted by Gasteiger charge is 2.19. The van der Waals surface area contributed by atoms with Gasteiger partial charge in [-0.25, -0.2) is 0 Å². The lowest BCUT2D eigenvalue weighted by atomic mass is 10.1. The minimum absolute atomic E-state index is 0.105. The molecule has 0 spiro atoms. The lowest BCUT2D eigenvalue weighted by Crippen LogP contribution is -2.30. The Bertz CT molecular complexity index is 1280. The molecule has 0 aliphatic heterocycles. The van der Waals surface area contributed by atoms with Crippen molar-refractivity contribution >= 4 is 17.9 Å². The van der Waals surface area contributed by atoms with Crippen LogP contribution in [0, 0.1) is 0 Å². The van der Waals surface area contributed by atoms with E-state index in [0.29, 0.717) is 19.3 Å². The predicted octanol–water partition coefficient (Wildman–Crippen LogP) is 17.0. The lowest BCUT2D eigenvalue weighted by Gasteiger charge is -2.18. The normalized spacial score (nSPS) is 12.9. The molecule has 0 aliphatic rings. The van der Waals surface area contributed by atoms with E-state index in [4.69, 9.17) is 14.2 Å². The number of carbonyl (C=O) groups excluding carboxylic acids is 3. The summed E-state index contributed by atoms with van der Waals surface area (Å²) in [7, 11) is 0. The highest BCUT2D eigenvalue weighted by molar-refractivity contribution is 5.71. The van der Waals surface area contributed by atoms with Crippen molar-refractivity contribution < 1.29 is 28.6 Å². The van der Waals surface area contributed by atoms with Crippen LogP contribution in [-0.2, 0) is 28.6 Å². The Kier molecular flexibility index (Phi) is 48.0. The molecule has 0 aromatic rings. The quantitative estimate of drug-likeness (QED) is 0.0199. The zero-order chi connectivity index (χ0) is 45.8. The molecule has 0 aliphatic carbocycles. The maximum Gasteiger partial charge on any atom is 0.306 e. The van der Waals surface area contributed by atoms with Crippen LogP contribution in [0.2, 0.25) is 0 Å². The molecule has 0 saturated heterocycles. The fraction of sp³-hybridized carbons (Fsp3) is 0.667. The third kappa shape index (κ3) is 49.2. The molecular weight excluding hydrogens is 781 g/mol. The van der Waals surface area contributed by atoms with E-state index in [0.717, 1.165) is 103 Å². The number of ether oxygens (including phenoxy) is 3. The summed E-state index contributed by atoms with van der Waals surface area (Å²) in [5.41, 5.74) is 0. The first-order valence-electron chi connectivity index (χ1n) is 25.8. The summed E-state index contributed by atoms with van der Waals surface area (Å²) in [6.45, 7) is 6.40. The minimum atomic E-state index is -0.805. The van der Waals surface area contributed by atoms with Gasteiger partial charge >= 0.3 is 17.9 Å². The Morgan fingerprint density at radius 2 is 0.683 bits per heavy atom. The van der Waals surface area contributed by atoms with Crippen LogP contribution in [0.15, 0.2) is 97.2 Å². The number of esters is 3. The van der Waals surface area contributed by atoms with Gasteiger partial charge in [0.1, 0.15) is 13.2 Å². The van der Waals surface area contributed by atoms with Crippen molar-refractivity contribution in [2.24, 2.45) is 0 Å². The summed E-state index contributed by atoms with van der Waals surface area (Å²) in [6.07, 6.45) is 66.7. The molecule has 0 amide bonds. The average molecular weight is 875 g/mol. The van der Waals surface area contributed by atoms with Crippen molar-refractivity contribution in [3.8, 4) is 0 Å². The first-order valence-corrected chi connectivity index (χ1v) is 25.8. The fourth-order valence-corrected chi connectivity index (χ4v) is 6.76. The Hall–Kier alpha value is -3.67. The van der Waals surface area contributed by atoms with E-state index in [1.165, 1.54) is 83.5 Å². The van der Waals surface area contributed by atoms with Crippen LogP contribution in [0.25, 0.3) is 0 Å². The van der Waals surface area contributed by atoms with Crippen LogP contribution >= 0.6 is 0 Å². The molecule has 0 heterocycles. The monoisotopic (exact) mass is 875 g/mol. The van der Waals surface area contributed by atoms with Crippen LogP contribution < -0.4 is 0 Å². The third-order valence-corrected chi connectivity index (χ3v) is 10.6. The number of hydrogen-bond donors (Lipinski definition) is 0. The standard InChI is InChI=1S/C57H94O6/c1-4-7-10-13-16-19-22-25-27-28-29-31-32-35-38-41-44-47-50-56(59)62-53-54(52-61-55(58)49-46-43-40-37-34-24-21-18-15-12-9-6-3)63-57(60)51-48-45-42-39-36-33-30-26-23-20-17-14-11-8-5-2/h9,12,16,18-23,25,27-29,31,34,37,54H,4-8,10-11,13-15,17,24,26,30,32-33,35-36,38-53H2,1-3H3/b12-9-,19-16-,21-18-,23-20-,25-22-,28-27-,31-29-,37-34-. The van der Waals surface area contributed by atoms with Crippen LogP contribution in [0.4, 0.5) is 0 Å². The summed E-state index contributed by atoms with van der Waals surface area (Å²) in [5.74, 6) is -0.974. The van der Waals surface area contributed by atoms with Crippen LogP contribution in [-0.4, -0.2) is 37.2 Å². The van der Waals surface area contributed by atoms with E-state index < -0.39 is 6.10 Å². The molecule has 1 unspecified atom stereocenters. The van der Waals surface area contributed by atoms with Crippen molar-refractivity contribution in [3.05, 3.63) is 97.2 Å². The second kappa shape index (κ2) is 51.0. The second-order valence-electron chi connectivity index (χ2n) is 16.8. The van der Waals surface area contributed by atoms with Crippen molar-refractivity contribution in [3.63, 3.8) is 0 Å². The van der Waals surface area contributed by atoms with Gasteiger partial charge in [-0.3, -0.25) is 14.4 Å². The Morgan fingerprint density at radius 3 is 1.19 bits per heavy atom. The smallest absolute Gasteiger partial charge is 0.306 e. The topological polar surface area (TPSA) is 78.9 Å². The minimum Gasteiger partial charge on any atom is -0.462 e. The molecule has 0 radical (unpaired) electrons. The van der Waals surface area contributed by atoms with Gasteiger partial charge in [0.05, 0.1) is 0 Å². The van der Waals surface area contributed by atoms with Crippen molar-refractivity contribution in [2.75, 3.05) is 13.2 Å². The van der Waals surface area contributed by atoms with Crippen LogP contribution in [0.5, 0.6) is 0 Å². The molecule has 6 heteroatoms. The van der Waals surface area contributed by atoms with Crippen molar-refractivity contribution in [1.82, 2.24) is 0 Å². The fourth-order valence-electron chi connectivity index (χ4n) is 6.76. The molecule has 0 aromatic carbocycles. The van der Waals surface area contributed by atoms with E-state index in [2.05, 4.69) is 118 Å². The molecule has 63 heavy (non-hydrogen) atoms. The summed E-state index contributed by atoms with van der Waals surface area (Å²) in [4.78, 5) is 37.9. The summed E-state index contributed by atoms with van der Waals surface area (Å²) >= 11 is 0. The Morgan fingerprint density at radius 1 is 0.349 bits per heavy atom. The van der Waals surface area contributed by atoms with Crippen LogP contribution in [0.3, 0.4) is 0 Å². The third-order valence-electron chi connectivity index (χ3n) is 10.6. The lowest BCUT2D eigenvalue weighted by molar-refractivity contribution is -0.167. The number of hydrogen-bond acceptors (Lipinski definition) is 6. The maximum atomic E-state index is 12.8. The van der Waals surface area contributed by atoms with Gasteiger partial charge in [0.2, 0.25) is 0 Å². The molecule has 0 bridgehead atoms. The number of carbonyl (C=O) groups is 3. The summed E-state index contributed by atoms with van der Waals surface area (Å²) in [5, 5.41) is 0. The van der Waals surface area contributed by atoms with E-state index in [1.54, 1.807) is 0 Å². The van der Waals surface area contributed by atoms with Gasteiger partial charge in [0.25, 0.3) is 0 Å². The Balaban J connectivity index is 4.48. The largest absolute Gasteiger partial charge is 0.462 e. The van der Waals surface area contributed by atoms with Gasteiger partial charge in [-0.1, -0.05) is 201 Å². The average Bonchev–Trinajstić information content (AvgIpc) is 3.28. The van der Waals surface area contributed by atoms with E-state index in [1.807, 2.05) is 0 Å². The van der Waals surface area contributed by atoms with Gasteiger partial charge in [0.15, 0.2) is 6.10 Å². The van der Waals surface area contributed by atoms with Crippen molar-refractivity contribution in [1.29, 1.82) is 0 Å². The summed E-state index contributed by atoms with van der Waals surface area (Å²) < 4.78 is 16.7. The maximum absolute atomic E-state index is 12.8. The molecule has 0 fully saturated rings.